The minimum absolute atomic E-state index is 0.110. The minimum Gasteiger partial charge on any atom is -0.247 e. The second-order valence-corrected chi connectivity index (χ2v) is 6.27. The highest BCUT2D eigenvalue weighted by Gasteiger charge is 2.16. The normalized spacial score (nSPS) is 11.3. The van der Waals surface area contributed by atoms with Gasteiger partial charge in [0.1, 0.15) is 5.82 Å². The van der Waals surface area contributed by atoms with Gasteiger partial charge in [-0.05, 0) is 42.1 Å². The summed E-state index contributed by atoms with van der Waals surface area (Å²) in [5, 5.41) is 0.156. The van der Waals surface area contributed by atoms with E-state index in [-0.39, 0.29) is 21.3 Å². The van der Waals surface area contributed by atoms with Crippen molar-refractivity contribution in [1.82, 2.24) is 15.0 Å². The summed E-state index contributed by atoms with van der Waals surface area (Å²) < 4.78 is 39.0. The molecule has 0 spiro atoms. The fourth-order valence-electron chi connectivity index (χ4n) is 1.26. The number of benzene rings is 1. The van der Waals surface area contributed by atoms with E-state index >= 15 is 0 Å². The van der Waals surface area contributed by atoms with Crippen LogP contribution in [0.1, 0.15) is 0 Å². The maximum Gasteiger partial charge on any atom is 0.264 e. The van der Waals surface area contributed by atoms with Crippen molar-refractivity contribution in [2.45, 2.75) is 10.1 Å². The fourth-order valence-corrected chi connectivity index (χ4v) is 2.77. The fraction of sp³-hybridized carbons (Fsp3) is 0.100. The monoisotopic (exact) mass is 334 g/mol. The second-order valence-electron chi connectivity index (χ2n) is 3.47. The van der Waals surface area contributed by atoms with Gasteiger partial charge >= 0.3 is 0 Å². The molecular weight excluding hydrogens is 327 g/mol. The van der Waals surface area contributed by atoms with Crippen molar-refractivity contribution in [3.05, 3.63) is 35.4 Å². The lowest BCUT2D eigenvalue weighted by Gasteiger charge is -2.07. The molecule has 0 aliphatic carbocycles. The minimum atomic E-state index is -3.91. The Kier molecular flexibility index (Phi) is 4.41. The van der Waals surface area contributed by atoms with Gasteiger partial charge in [0.05, 0.1) is 4.90 Å². The Labute approximate surface area is 123 Å². The Hall–Kier alpha value is -1.45. The topological polar surface area (TPSA) is 84.8 Å². The number of thioether (sulfide) groups is 1. The summed E-state index contributed by atoms with van der Waals surface area (Å²) in [4.78, 5) is 11.2. The molecule has 0 atom stereocenters. The van der Waals surface area contributed by atoms with Gasteiger partial charge < -0.3 is 0 Å². The molecule has 0 aliphatic rings. The average Bonchev–Trinajstić information content (AvgIpc) is 2.37. The summed E-state index contributed by atoms with van der Waals surface area (Å²) in [5.74, 6) is -0.726. The predicted molar refractivity (Wildman–Crippen MR) is 73.8 cm³/mol. The van der Waals surface area contributed by atoms with Crippen LogP contribution in [0.2, 0.25) is 5.28 Å². The lowest BCUT2D eigenvalue weighted by Crippen LogP contribution is -2.15. The van der Waals surface area contributed by atoms with Crippen molar-refractivity contribution in [2.24, 2.45) is 0 Å². The molecule has 0 fully saturated rings. The number of rotatable bonds is 4. The molecule has 1 aromatic heterocycles. The number of hydrogen-bond acceptors (Lipinski definition) is 6. The summed E-state index contributed by atoms with van der Waals surface area (Å²) in [6.45, 7) is 0. The zero-order chi connectivity index (χ0) is 14.8. The number of anilines is 1. The SMILES string of the molecule is CSc1nc(Cl)nc(NS(=O)(=O)c2ccc(F)cc2)n1. The summed E-state index contributed by atoms with van der Waals surface area (Å²) in [7, 11) is -3.91. The largest absolute Gasteiger partial charge is 0.264 e. The first-order valence-corrected chi connectivity index (χ1v) is 8.23. The van der Waals surface area contributed by atoms with Crippen LogP contribution in [0.5, 0.6) is 0 Å². The molecule has 2 aromatic rings. The first-order chi connectivity index (χ1) is 9.40. The van der Waals surface area contributed by atoms with Gasteiger partial charge in [-0.3, -0.25) is 0 Å². The standard InChI is InChI=1S/C10H8ClFN4O2S2/c1-19-10-14-8(11)13-9(15-10)16-20(17,18)7-4-2-6(12)3-5-7/h2-5H,1H3,(H,13,14,15,16). The molecule has 20 heavy (non-hydrogen) atoms. The molecule has 1 N–H and O–H groups in total. The van der Waals surface area contributed by atoms with Crippen molar-refractivity contribution < 1.29 is 12.8 Å². The summed E-state index contributed by atoms with van der Waals surface area (Å²) >= 11 is 6.85. The Balaban J connectivity index is 2.33. The van der Waals surface area contributed by atoms with E-state index in [1.165, 1.54) is 11.8 Å². The van der Waals surface area contributed by atoms with E-state index in [1.54, 1.807) is 6.26 Å². The third kappa shape index (κ3) is 3.56. The number of halogens is 2. The maximum atomic E-state index is 12.8. The van der Waals surface area contributed by atoms with E-state index in [0.717, 1.165) is 24.3 Å². The molecule has 106 valence electrons. The number of nitrogens with one attached hydrogen (secondary N) is 1. The van der Waals surface area contributed by atoms with E-state index in [1.807, 2.05) is 0 Å². The van der Waals surface area contributed by atoms with Gasteiger partial charge in [-0.2, -0.15) is 15.0 Å². The molecule has 0 bridgehead atoms. The molecule has 0 aliphatic heterocycles. The van der Waals surface area contributed by atoms with E-state index in [9.17, 15) is 12.8 Å². The van der Waals surface area contributed by atoms with E-state index < -0.39 is 15.8 Å². The van der Waals surface area contributed by atoms with Crippen LogP contribution in [-0.2, 0) is 10.0 Å². The second kappa shape index (κ2) is 5.90. The third-order valence-corrected chi connectivity index (χ3v) is 4.18. The number of aromatic nitrogens is 3. The zero-order valence-electron chi connectivity index (χ0n) is 10.0. The first kappa shape index (κ1) is 14.9. The number of sulfonamides is 1. The van der Waals surface area contributed by atoms with Gasteiger partial charge in [-0.1, -0.05) is 11.8 Å². The smallest absolute Gasteiger partial charge is 0.247 e. The predicted octanol–water partition coefficient (Wildman–Crippen LogP) is 2.19. The maximum absolute atomic E-state index is 12.8. The van der Waals surface area contributed by atoms with Gasteiger partial charge in [0, 0.05) is 0 Å². The van der Waals surface area contributed by atoms with Crippen LogP contribution in [0.25, 0.3) is 0 Å². The lowest BCUT2D eigenvalue weighted by molar-refractivity contribution is 0.599. The highest BCUT2D eigenvalue weighted by molar-refractivity contribution is 7.98. The quantitative estimate of drug-likeness (QED) is 0.863. The van der Waals surface area contributed by atoms with Crippen molar-refractivity contribution in [3.63, 3.8) is 0 Å². The molecule has 6 nitrogen and oxygen atoms in total. The van der Waals surface area contributed by atoms with E-state index in [4.69, 9.17) is 11.6 Å². The van der Waals surface area contributed by atoms with Gasteiger partial charge in [0.25, 0.3) is 10.0 Å². The van der Waals surface area contributed by atoms with E-state index in [0.29, 0.717) is 0 Å². The molecule has 0 saturated carbocycles. The molecule has 0 unspecified atom stereocenters. The Morgan fingerprint density at radius 3 is 2.45 bits per heavy atom. The Bertz CT molecular complexity index is 725. The molecule has 1 heterocycles. The van der Waals surface area contributed by atoms with Crippen molar-refractivity contribution in [2.75, 3.05) is 11.0 Å². The van der Waals surface area contributed by atoms with Crippen LogP contribution < -0.4 is 4.72 Å². The highest BCUT2D eigenvalue weighted by atomic mass is 35.5. The molecule has 2 rings (SSSR count). The van der Waals surface area contributed by atoms with Crippen molar-refractivity contribution in [3.8, 4) is 0 Å². The number of hydrogen-bond donors (Lipinski definition) is 1. The van der Waals surface area contributed by atoms with Crippen LogP contribution in [0.3, 0.4) is 0 Å². The molecule has 10 heteroatoms. The van der Waals surface area contributed by atoms with Crippen LogP contribution in [-0.4, -0.2) is 29.6 Å². The lowest BCUT2D eigenvalue weighted by atomic mass is 10.4. The van der Waals surface area contributed by atoms with Crippen LogP contribution in [0, 0.1) is 5.82 Å². The molecule has 1 aromatic carbocycles. The third-order valence-electron chi connectivity index (χ3n) is 2.12. The van der Waals surface area contributed by atoms with Gasteiger partial charge in [0.15, 0.2) is 5.16 Å². The molecule has 0 saturated heterocycles. The van der Waals surface area contributed by atoms with Crippen LogP contribution in [0.4, 0.5) is 10.3 Å². The van der Waals surface area contributed by atoms with Gasteiger partial charge in [0.2, 0.25) is 11.2 Å². The van der Waals surface area contributed by atoms with Crippen molar-refractivity contribution in [1.29, 1.82) is 0 Å². The number of nitrogens with zero attached hydrogens (tertiary/aromatic N) is 3. The van der Waals surface area contributed by atoms with Crippen molar-refractivity contribution >= 4 is 39.3 Å². The summed E-state index contributed by atoms with van der Waals surface area (Å²) in [5.41, 5.74) is 0. The molecule has 0 radical (unpaired) electrons. The average molecular weight is 335 g/mol. The van der Waals surface area contributed by atoms with E-state index in [2.05, 4.69) is 19.7 Å². The van der Waals surface area contributed by atoms with Gasteiger partial charge in [-0.25, -0.2) is 17.5 Å². The van der Waals surface area contributed by atoms with Crippen LogP contribution >= 0.6 is 23.4 Å². The van der Waals surface area contributed by atoms with Crippen LogP contribution in [0.15, 0.2) is 34.3 Å². The Morgan fingerprint density at radius 1 is 1.20 bits per heavy atom. The first-order valence-electron chi connectivity index (χ1n) is 5.14. The highest BCUT2D eigenvalue weighted by Crippen LogP contribution is 2.17. The Morgan fingerprint density at radius 2 is 1.85 bits per heavy atom. The molecule has 0 amide bonds. The summed E-state index contributed by atoms with van der Waals surface area (Å²) in [6.07, 6.45) is 1.71. The van der Waals surface area contributed by atoms with Gasteiger partial charge in [-0.15, -0.1) is 0 Å². The molecular formula is C10H8ClFN4O2S2. The summed E-state index contributed by atoms with van der Waals surface area (Å²) in [6, 6.07) is 4.36. The zero-order valence-corrected chi connectivity index (χ0v) is 12.4.